The number of aryl methyl sites for hydroxylation is 1. The highest BCUT2D eigenvalue weighted by Crippen LogP contribution is 2.33. The number of carbonyl (C=O) groups excluding carboxylic acids is 1. The van der Waals surface area contributed by atoms with Crippen molar-refractivity contribution in [3.63, 3.8) is 0 Å². The Kier molecular flexibility index (Phi) is 6.19. The highest BCUT2D eigenvalue weighted by atomic mass is 32.2. The lowest BCUT2D eigenvalue weighted by Gasteiger charge is -2.16. The van der Waals surface area contributed by atoms with E-state index in [1.54, 1.807) is 12.1 Å². The number of benzene rings is 2. The number of ether oxygens (including phenoxy) is 1. The number of hydrogen-bond acceptors (Lipinski definition) is 4. The third-order valence-electron chi connectivity index (χ3n) is 4.32. The minimum atomic E-state index is -0.320. The minimum absolute atomic E-state index is 0.190. The van der Waals surface area contributed by atoms with E-state index in [0.717, 1.165) is 22.4 Å². The van der Waals surface area contributed by atoms with Gasteiger partial charge in [-0.1, -0.05) is 13.8 Å². The van der Waals surface area contributed by atoms with Crippen LogP contribution in [0.1, 0.15) is 43.4 Å². The first-order chi connectivity index (χ1) is 13.4. The van der Waals surface area contributed by atoms with Gasteiger partial charge < -0.3 is 10.1 Å². The summed E-state index contributed by atoms with van der Waals surface area (Å²) in [5.41, 5.74) is 3.72. The molecule has 3 rings (SSSR count). The molecule has 0 unspecified atom stereocenters. The van der Waals surface area contributed by atoms with Gasteiger partial charge in [0.05, 0.1) is 17.2 Å². The van der Waals surface area contributed by atoms with Crippen LogP contribution in [0.2, 0.25) is 0 Å². The van der Waals surface area contributed by atoms with E-state index in [4.69, 9.17) is 4.74 Å². The molecule has 146 valence electrons. The molecule has 1 fully saturated rings. The van der Waals surface area contributed by atoms with Gasteiger partial charge in [-0.25, -0.2) is 9.38 Å². The van der Waals surface area contributed by atoms with Crippen molar-refractivity contribution >= 4 is 34.6 Å². The normalized spacial score (nSPS) is 16.9. The first kappa shape index (κ1) is 20.1. The van der Waals surface area contributed by atoms with Crippen LogP contribution in [0, 0.1) is 12.7 Å². The van der Waals surface area contributed by atoms with Gasteiger partial charge >= 0.3 is 0 Å². The van der Waals surface area contributed by atoms with Crippen molar-refractivity contribution in [2.75, 3.05) is 6.61 Å². The van der Waals surface area contributed by atoms with Gasteiger partial charge in [0.1, 0.15) is 11.6 Å². The average molecular weight is 399 g/mol. The summed E-state index contributed by atoms with van der Waals surface area (Å²) in [6, 6.07) is 9.93. The third kappa shape index (κ3) is 4.62. The zero-order valence-electron chi connectivity index (χ0n) is 16.4. The second kappa shape index (κ2) is 8.61. The van der Waals surface area contributed by atoms with E-state index in [0.29, 0.717) is 28.3 Å². The molecular formula is C22H23FN2O2S. The number of carbonyl (C=O) groups is 1. The van der Waals surface area contributed by atoms with Crippen LogP contribution in [0.3, 0.4) is 0 Å². The van der Waals surface area contributed by atoms with E-state index in [-0.39, 0.29) is 11.7 Å². The van der Waals surface area contributed by atoms with Crippen molar-refractivity contribution in [3.05, 3.63) is 63.8 Å². The van der Waals surface area contributed by atoms with Crippen LogP contribution in [0.5, 0.6) is 5.75 Å². The lowest BCUT2D eigenvalue weighted by Crippen LogP contribution is -2.19. The van der Waals surface area contributed by atoms with Gasteiger partial charge in [-0.05, 0) is 90.7 Å². The number of aliphatic imine (C=N–C) groups is 1. The number of thioether (sulfide) groups is 1. The molecule has 1 saturated heterocycles. The highest BCUT2D eigenvalue weighted by Gasteiger charge is 2.24. The van der Waals surface area contributed by atoms with Crippen LogP contribution >= 0.6 is 11.8 Å². The molecule has 1 aliphatic heterocycles. The molecule has 2 aromatic carbocycles. The standard InChI is InChI=1S/C22H23FN2O2S/c1-5-27-19-10-14(4)15(11-18(19)13(2)3)12-20-21(26)25-22(28-20)24-17-8-6-16(23)7-9-17/h6-13H,5H2,1-4H3,(H,24,25,26)/b20-12+. The Morgan fingerprint density at radius 1 is 1.25 bits per heavy atom. The number of amides is 1. The monoisotopic (exact) mass is 398 g/mol. The van der Waals surface area contributed by atoms with Crippen molar-refractivity contribution in [1.82, 2.24) is 5.32 Å². The number of nitrogens with one attached hydrogen (secondary N) is 1. The third-order valence-corrected chi connectivity index (χ3v) is 5.22. The Balaban J connectivity index is 1.90. The molecule has 0 saturated carbocycles. The maximum atomic E-state index is 13.0. The van der Waals surface area contributed by atoms with E-state index in [1.807, 2.05) is 26.0 Å². The summed E-state index contributed by atoms with van der Waals surface area (Å²) >= 11 is 1.28. The summed E-state index contributed by atoms with van der Waals surface area (Å²) in [4.78, 5) is 17.3. The van der Waals surface area contributed by atoms with Gasteiger partial charge in [0, 0.05) is 0 Å². The molecule has 4 nitrogen and oxygen atoms in total. The lowest BCUT2D eigenvalue weighted by molar-refractivity contribution is -0.115. The number of hydrogen-bond donors (Lipinski definition) is 1. The van der Waals surface area contributed by atoms with E-state index in [1.165, 1.54) is 23.9 Å². The second-order valence-electron chi connectivity index (χ2n) is 6.79. The maximum absolute atomic E-state index is 13.0. The molecular weight excluding hydrogens is 375 g/mol. The van der Waals surface area contributed by atoms with Gasteiger partial charge in [0.2, 0.25) is 0 Å². The second-order valence-corrected chi connectivity index (χ2v) is 7.82. The SMILES string of the molecule is CCOc1cc(C)c(/C=C2/SC(=Nc3ccc(F)cc3)NC2=O)cc1C(C)C. The Morgan fingerprint density at radius 2 is 1.96 bits per heavy atom. The van der Waals surface area contributed by atoms with Gasteiger partial charge in [-0.2, -0.15) is 0 Å². The fraction of sp³-hybridized carbons (Fsp3) is 0.273. The summed E-state index contributed by atoms with van der Waals surface area (Å²) in [7, 11) is 0. The predicted molar refractivity (Wildman–Crippen MR) is 114 cm³/mol. The molecule has 0 atom stereocenters. The van der Waals surface area contributed by atoms with Gasteiger partial charge in [0.25, 0.3) is 5.91 Å². The smallest absolute Gasteiger partial charge is 0.264 e. The van der Waals surface area contributed by atoms with E-state index >= 15 is 0 Å². The van der Waals surface area contributed by atoms with Gasteiger partial charge in [0.15, 0.2) is 5.17 Å². The summed E-state index contributed by atoms with van der Waals surface area (Å²) in [5.74, 6) is 0.684. The molecule has 28 heavy (non-hydrogen) atoms. The lowest BCUT2D eigenvalue weighted by atomic mass is 9.96. The molecule has 0 radical (unpaired) electrons. The summed E-state index contributed by atoms with van der Waals surface area (Å²) < 4.78 is 18.8. The summed E-state index contributed by atoms with van der Waals surface area (Å²) in [5, 5.41) is 3.25. The van der Waals surface area contributed by atoms with Crippen LogP contribution in [0.4, 0.5) is 10.1 Å². The van der Waals surface area contributed by atoms with Gasteiger partial charge in [-0.15, -0.1) is 0 Å². The first-order valence-corrected chi connectivity index (χ1v) is 10.0. The fourth-order valence-corrected chi connectivity index (χ4v) is 3.69. The molecule has 0 spiro atoms. The van der Waals surface area contributed by atoms with Crippen molar-refractivity contribution in [2.24, 2.45) is 4.99 Å². The minimum Gasteiger partial charge on any atom is -0.494 e. The fourth-order valence-electron chi connectivity index (χ4n) is 2.86. The quantitative estimate of drug-likeness (QED) is 0.672. The summed E-state index contributed by atoms with van der Waals surface area (Å²) in [6.07, 6.45) is 1.88. The number of halogens is 1. The van der Waals surface area contributed by atoms with E-state index < -0.39 is 0 Å². The summed E-state index contributed by atoms with van der Waals surface area (Å²) in [6.45, 7) is 8.82. The predicted octanol–water partition coefficient (Wildman–Crippen LogP) is 5.55. The van der Waals surface area contributed by atoms with Crippen LogP contribution in [0.15, 0.2) is 46.3 Å². The number of amidine groups is 1. The zero-order valence-corrected chi connectivity index (χ0v) is 17.2. The molecule has 0 aliphatic carbocycles. The van der Waals surface area contributed by atoms with Crippen LogP contribution < -0.4 is 10.1 Å². The molecule has 1 N–H and O–H groups in total. The Morgan fingerprint density at radius 3 is 2.61 bits per heavy atom. The molecule has 2 aromatic rings. The largest absolute Gasteiger partial charge is 0.494 e. The molecule has 1 aliphatic rings. The Labute approximate surface area is 168 Å². The van der Waals surface area contributed by atoms with Crippen LogP contribution in [0.25, 0.3) is 6.08 Å². The van der Waals surface area contributed by atoms with Crippen molar-refractivity contribution in [3.8, 4) is 5.75 Å². The molecule has 1 heterocycles. The zero-order chi connectivity index (χ0) is 20.3. The van der Waals surface area contributed by atoms with Crippen LogP contribution in [-0.4, -0.2) is 17.7 Å². The maximum Gasteiger partial charge on any atom is 0.264 e. The van der Waals surface area contributed by atoms with Crippen molar-refractivity contribution in [2.45, 2.75) is 33.6 Å². The Bertz CT molecular complexity index is 950. The number of rotatable bonds is 5. The van der Waals surface area contributed by atoms with Crippen molar-refractivity contribution in [1.29, 1.82) is 0 Å². The van der Waals surface area contributed by atoms with E-state index in [9.17, 15) is 9.18 Å². The Hall–Kier alpha value is -2.60. The van der Waals surface area contributed by atoms with Crippen molar-refractivity contribution < 1.29 is 13.9 Å². The highest BCUT2D eigenvalue weighted by molar-refractivity contribution is 8.18. The average Bonchev–Trinajstić information content (AvgIpc) is 2.98. The van der Waals surface area contributed by atoms with Crippen LogP contribution in [-0.2, 0) is 4.79 Å². The molecule has 0 aromatic heterocycles. The molecule has 1 amide bonds. The molecule has 6 heteroatoms. The number of nitrogens with zero attached hydrogens (tertiary/aromatic N) is 1. The van der Waals surface area contributed by atoms with E-state index in [2.05, 4.69) is 30.2 Å². The first-order valence-electron chi connectivity index (χ1n) is 9.20. The topological polar surface area (TPSA) is 50.7 Å². The van der Waals surface area contributed by atoms with Gasteiger partial charge in [-0.3, -0.25) is 4.79 Å². The molecule has 0 bridgehead atoms.